The average Bonchev–Trinajstić information content (AvgIpc) is 2.03. The van der Waals surface area contributed by atoms with Gasteiger partial charge in [-0.3, -0.25) is 14.9 Å². The SMILES string of the molecule is O=C(O)[C@@H]1C=CC([N+](=O)[O-])=C[C@@H]1O. The van der Waals surface area contributed by atoms with Crippen molar-refractivity contribution in [2.24, 2.45) is 5.92 Å². The molecule has 13 heavy (non-hydrogen) atoms. The number of aliphatic hydroxyl groups excluding tert-OH is 1. The first-order valence-corrected chi connectivity index (χ1v) is 3.47. The van der Waals surface area contributed by atoms with Crippen molar-refractivity contribution < 1.29 is 19.9 Å². The minimum atomic E-state index is -1.33. The molecule has 0 unspecified atom stereocenters. The van der Waals surface area contributed by atoms with Crippen LogP contribution in [0.5, 0.6) is 0 Å². The number of allylic oxidation sites excluding steroid dienone is 1. The van der Waals surface area contributed by atoms with Crippen LogP contribution in [-0.4, -0.2) is 27.2 Å². The molecule has 2 atom stereocenters. The van der Waals surface area contributed by atoms with Gasteiger partial charge >= 0.3 is 5.97 Å². The van der Waals surface area contributed by atoms with Gasteiger partial charge in [-0.05, 0) is 0 Å². The fourth-order valence-corrected chi connectivity index (χ4v) is 1.00. The van der Waals surface area contributed by atoms with E-state index in [-0.39, 0.29) is 5.70 Å². The van der Waals surface area contributed by atoms with E-state index in [1.165, 1.54) is 0 Å². The Balaban J connectivity index is 2.85. The maximum Gasteiger partial charge on any atom is 0.313 e. The number of nitrogens with zero attached hydrogens (tertiary/aromatic N) is 1. The zero-order chi connectivity index (χ0) is 10.0. The van der Waals surface area contributed by atoms with Gasteiger partial charge in [0.2, 0.25) is 0 Å². The summed E-state index contributed by atoms with van der Waals surface area (Å²) >= 11 is 0. The first kappa shape index (κ1) is 9.40. The Labute approximate surface area is 72.9 Å². The number of carbonyl (C=O) groups is 1. The Kier molecular flexibility index (Phi) is 2.43. The minimum absolute atomic E-state index is 0.287. The molecule has 0 bridgehead atoms. The summed E-state index contributed by atoms with van der Waals surface area (Å²) < 4.78 is 0. The third-order valence-corrected chi connectivity index (χ3v) is 1.68. The van der Waals surface area contributed by atoms with Gasteiger partial charge in [-0.25, -0.2) is 0 Å². The van der Waals surface area contributed by atoms with Gasteiger partial charge in [-0.15, -0.1) is 0 Å². The van der Waals surface area contributed by atoms with E-state index < -0.39 is 22.9 Å². The molecule has 6 heteroatoms. The van der Waals surface area contributed by atoms with Crippen LogP contribution in [0.1, 0.15) is 0 Å². The highest BCUT2D eigenvalue weighted by atomic mass is 16.6. The molecule has 2 N–H and O–H groups in total. The molecule has 1 aliphatic carbocycles. The highest BCUT2D eigenvalue weighted by Gasteiger charge is 2.28. The van der Waals surface area contributed by atoms with Crippen LogP contribution >= 0.6 is 0 Å². The van der Waals surface area contributed by atoms with E-state index in [0.717, 1.165) is 18.2 Å². The molecule has 1 rings (SSSR count). The second kappa shape index (κ2) is 3.36. The van der Waals surface area contributed by atoms with Gasteiger partial charge in [-0.2, -0.15) is 0 Å². The van der Waals surface area contributed by atoms with Gasteiger partial charge in [0.25, 0.3) is 5.70 Å². The number of carboxylic acid groups (broad SMARTS) is 1. The number of carboxylic acids is 1. The molecular weight excluding hydrogens is 178 g/mol. The summed E-state index contributed by atoms with van der Waals surface area (Å²) in [4.78, 5) is 20.0. The molecule has 0 saturated carbocycles. The van der Waals surface area contributed by atoms with E-state index in [0.29, 0.717) is 0 Å². The number of rotatable bonds is 2. The Bertz CT molecular complexity index is 306. The predicted octanol–water partition coefficient (Wildman–Crippen LogP) is -0.221. The highest BCUT2D eigenvalue weighted by Crippen LogP contribution is 2.17. The summed E-state index contributed by atoms with van der Waals surface area (Å²) in [6.07, 6.45) is 1.76. The summed E-state index contributed by atoms with van der Waals surface area (Å²) in [7, 11) is 0. The molecule has 0 aromatic carbocycles. The van der Waals surface area contributed by atoms with Crippen molar-refractivity contribution in [3.8, 4) is 0 Å². The zero-order valence-corrected chi connectivity index (χ0v) is 6.45. The number of aliphatic carboxylic acids is 1. The first-order valence-electron chi connectivity index (χ1n) is 3.47. The molecule has 1 aliphatic rings. The van der Waals surface area contributed by atoms with Crippen LogP contribution in [-0.2, 0) is 4.79 Å². The van der Waals surface area contributed by atoms with Crippen molar-refractivity contribution in [1.82, 2.24) is 0 Å². The Morgan fingerprint density at radius 2 is 2.23 bits per heavy atom. The van der Waals surface area contributed by atoms with Gasteiger partial charge in [-0.1, -0.05) is 6.08 Å². The lowest BCUT2D eigenvalue weighted by Crippen LogP contribution is -2.27. The maximum atomic E-state index is 10.4. The smallest absolute Gasteiger partial charge is 0.313 e. The third kappa shape index (κ3) is 1.91. The van der Waals surface area contributed by atoms with E-state index in [1.54, 1.807) is 0 Å². The van der Waals surface area contributed by atoms with Crippen molar-refractivity contribution >= 4 is 5.97 Å². The van der Waals surface area contributed by atoms with Crippen molar-refractivity contribution in [3.05, 3.63) is 34.0 Å². The average molecular weight is 185 g/mol. The molecule has 70 valence electrons. The van der Waals surface area contributed by atoms with Crippen LogP contribution in [0.2, 0.25) is 0 Å². The quantitative estimate of drug-likeness (QED) is 0.457. The van der Waals surface area contributed by atoms with E-state index >= 15 is 0 Å². The van der Waals surface area contributed by atoms with Crippen LogP contribution in [0.15, 0.2) is 23.9 Å². The Morgan fingerprint density at radius 1 is 1.62 bits per heavy atom. The summed E-state index contributed by atoms with van der Waals surface area (Å²) in [5.41, 5.74) is -0.287. The monoisotopic (exact) mass is 185 g/mol. The molecule has 6 nitrogen and oxygen atoms in total. The van der Waals surface area contributed by atoms with Gasteiger partial charge in [0, 0.05) is 12.2 Å². The normalized spacial score (nSPS) is 26.7. The summed E-state index contributed by atoms with van der Waals surface area (Å²) in [6.45, 7) is 0. The summed E-state index contributed by atoms with van der Waals surface area (Å²) in [5.74, 6) is -2.30. The lowest BCUT2D eigenvalue weighted by Gasteiger charge is -2.14. The van der Waals surface area contributed by atoms with Gasteiger partial charge in [0.1, 0.15) is 5.92 Å². The predicted molar refractivity (Wildman–Crippen MR) is 41.4 cm³/mol. The number of hydrogen-bond donors (Lipinski definition) is 2. The van der Waals surface area contributed by atoms with Gasteiger partial charge in [0.05, 0.1) is 11.0 Å². The molecule has 0 heterocycles. The molecule has 0 fully saturated rings. The Morgan fingerprint density at radius 3 is 2.62 bits per heavy atom. The second-order valence-corrected chi connectivity index (χ2v) is 2.56. The summed E-state index contributed by atoms with van der Waals surface area (Å²) in [5, 5.41) is 27.9. The topological polar surface area (TPSA) is 101 Å². The maximum absolute atomic E-state index is 10.4. The standard InChI is InChI=1S/C7H7NO5/c9-6-3-4(8(12)13)1-2-5(6)7(10)11/h1-3,5-6,9H,(H,10,11)/t5-,6+/m1/s1. The third-order valence-electron chi connectivity index (χ3n) is 1.68. The van der Waals surface area contributed by atoms with Crippen LogP contribution in [0.4, 0.5) is 0 Å². The van der Waals surface area contributed by atoms with Gasteiger partial charge < -0.3 is 10.2 Å². The fourth-order valence-electron chi connectivity index (χ4n) is 1.00. The van der Waals surface area contributed by atoms with E-state index in [2.05, 4.69) is 0 Å². The number of nitro groups is 1. The summed E-state index contributed by atoms with van der Waals surface area (Å²) in [6, 6.07) is 0. The minimum Gasteiger partial charge on any atom is -0.481 e. The van der Waals surface area contributed by atoms with E-state index in [4.69, 9.17) is 10.2 Å². The first-order chi connectivity index (χ1) is 6.02. The molecule has 0 aromatic heterocycles. The van der Waals surface area contributed by atoms with Crippen molar-refractivity contribution in [3.63, 3.8) is 0 Å². The lowest BCUT2D eigenvalue weighted by atomic mass is 9.97. The fraction of sp³-hybridized carbons (Fsp3) is 0.286. The molecule has 0 aliphatic heterocycles. The van der Waals surface area contributed by atoms with Crippen LogP contribution in [0.3, 0.4) is 0 Å². The lowest BCUT2D eigenvalue weighted by molar-refractivity contribution is -0.420. The van der Waals surface area contributed by atoms with Crippen LogP contribution in [0, 0.1) is 16.0 Å². The highest BCUT2D eigenvalue weighted by molar-refractivity contribution is 5.73. The Hall–Kier alpha value is -1.69. The molecule has 0 radical (unpaired) electrons. The van der Waals surface area contributed by atoms with Crippen LogP contribution in [0.25, 0.3) is 0 Å². The van der Waals surface area contributed by atoms with Crippen LogP contribution < -0.4 is 0 Å². The molecule has 0 spiro atoms. The zero-order valence-electron chi connectivity index (χ0n) is 6.45. The number of hydrogen-bond acceptors (Lipinski definition) is 4. The largest absolute Gasteiger partial charge is 0.481 e. The second-order valence-electron chi connectivity index (χ2n) is 2.56. The van der Waals surface area contributed by atoms with Gasteiger partial charge in [0.15, 0.2) is 0 Å². The molecule has 0 aromatic rings. The number of aliphatic hydroxyl groups is 1. The van der Waals surface area contributed by atoms with E-state index in [1.807, 2.05) is 0 Å². The van der Waals surface area contributed by atoms with Crippen molar-refractivity contribution in [2.45, 2.75) is 6.10 Å². The molecule has 0 saturated heterocycles. The molecular formula is C7H7NO5. The van der Waals surface area contributed by atoms with Crippen molar-refractivity contribution in [1.29, 1.82) is 0 Å². The van der Waals surface area contributed by atoms with Crippen molar-refractivity contribution in [2.75, 3.05) is 0 Å². The van der Waals surface area contributed by atoms with E-state index in [9.17, 15) is 14.9 Å². The molecule has 0 amide bonds.